The molecule has 1 N–H and O–H groups in total. The van der Waals surface area contributed by atoms with Crippen LogP contribution in [0.3, 0.4) is 0 Å². The van der Waals surface area contributed by atoms with E-state index in [0.717, 1.165) is 17.8 Å². The predicted octanol–water partition coefficient (Wildman–Crippen LogP) is 3.92. The third-order valence-corrected chi connectivity index (χ3v) is 5.13. The van der Waals surface area contributed by atoms with Gasteiger partial charge < -0.3 is 15.0 Å². The lowest BCUT2D eigenvalue weighted by Gasteiger charge is -2.34. The molecule has 4 heteroatoms. The van der Waals surface area contributed by atoms with Crippen LogP contribution in [-0.2, 0) is 9.53 Å². The van der Waals surface area contributed by atoms with Gasteiger partial charge in [0.1, 0.15) is 0 Å². The van der Waals surface area contributed by atoms with E-state index in [-0.39, 0.29) is 11.9 Å². The summed E-state index contributed by atoms with van der Waals surface area (Å²) in [5.41, 5.74) is 2.25. The number of carbonyl (C=O) groups is 1. The fourth-order valence-electron chi connectivity index (χ4n) is 3.69. The Hall–Kier alpha value is -2.85. The normalized spacial score (nSPS) is 18.3. The average molecular weight is 360 g/mol. The molecule has 138 valence electrons. The number of fused-ring (bicyclic) bond motifs is 1. The largest absolute Gasteiger partial charge is 0.366 e. The van der Waals surface area contributed by atoms with Crippen LogP contribution in [0.1, 0.15) is 18.5 Å². The van der Waals surface area contributed by atoms with Crippen LogP contribution in [0.4, 0.5) is 5.69 Å². The molecule has 4 nitrogen and oxygen atoms in total. The fourth-order valence-corrected chi connectivity index (χ4v) is 3.69. The minimum Gasteiger partial charge on any atom is -0.366 e. The van der Waals surface area contributed by atoms with Crippen molar-refractivity contribution in [2.24, 2.45) is 0 Å². The van der Waals surface area contributed by atoms with Crippen molar-refractivity contribution in [1.29, 1.82) is 0 Å². The molecule has 0 aliphatic carbocycles. The van der Waals surface area contributed by atoms with E-state index in [1.165, 1.54) is 10.8 Å². The molecule has 1 aliphatic rings. The van der Waals surface area contributed by atoms with E-state index in [9.17, 15) is 4.79 Å². The zero-order valence-electron chi connectivity index (χ0n) is 15.5. The molecule has 0 bridgehead atoms. The first-order chi connectivity index (χ1) is 13.2. The Balaban J connectivity index is 1.46. The van der Waals surface area contributed by atoms with Crippen molar-refractivity contribution in [1.82, 2.24) is 5.32 Å². The Bertz CT molecular complexity index is 921. The van der Waals surface area contributed by atoms with Gasteiger partial charge in [-0.3, -0.25) is 4.79 Å². The maximum absolute atomic E-state index is 12.8. The lowest BCUT2D eigenvalue weighted by molar-refractivity contribution is -0.134. The Kier molecular flexibility index (Phi) is 5.07. The van der Waals surface area contributed by atoms with Gasteiger partial charge in [0.25, 0.3) is 5.91 Å². The van der Waals surface area contributed by atoms with Crippen LogP contribution in [0.15, 0.2) is 72.8 Å². The number of ether oxygens (including phenoxy) is 1. The minimum absolute atomic E-state index is 0.0592. The lowest BCUT2D eigenvalue weighted by atomic mass is 9.99. The van der Waals surface area contributed by atoms with Gasteiger partial charge in [0, 0.05) is 12.2 Å². The molecule has 0 saturated carbocycles. The molecule has 0 spiro atoms. The van der Waals surface area contributed by atoms with Crippen LogP contribution >= 0.6 is 0 Å². The van der Waals surface area contributed by atoms with Gasteiger partial charge >= 0.3 is 0 Å². The van der Waals surface area contributed by atoms with Crippen LogP contribution in [0.5, 0.6) is 0 Å². The number of nitrogens with one attached hydrogen (secondary N) is 1. The molecule has 4 rings (SSSR count). The second-order valence-corrected chi connectivity index (χ2v) is 6.94. The van der Waals surface area contributed by atoms with Gasteiger partial charge in [0.15, 0.2) is 6.10 Å². The van der Waals surface area contributed by atoms with E-state index in [2.05, 4.69) is 46.6 Å². The van der Waals surface area contributed by atoms with Crippen molar-refractivity contribution in [3.8, 4) is 0 Å². The number of para-hydroxylation sites is 1. The number of hydrogen-bond donors (Lipinski definition) is 1. The van der Waals surface area contributed by atoms with Gasteiger partial charge in [-0.1, -0.05) is 60.7 Å². The molecule has 3 aromatic rings. The molecular weight excluding hydrogens is 336 g/mol. The van der Waals surface area contributed by atoms with E-state index in [0.29, 0.717) is 13.2 Å². The monoisotopic (exact) mass is 360 g/mol. The first-order valence-corrected chi connectivity index (χ1v) is 9.42. The quantitative estimate of drug-likeness (QED) is 0.767. The zero-order valence-corrected chi connectivity index (χ0v) is 15.5. The molecule has 3 aromatic carbocycles. The Morgan fingerprint density at radius 3 is 2.63 bits per heavy atom. The summed E-state index contributed by atoms with van der Waals surface area (Å²) in [7, 11) is 0. The molecule has 1 heterocycles. The molecular formula is C23H24N2O2. The van der Waals surface area contributed by atoms with Crippen molar-refractivity contribution < 1.29 is 9.53 Å². The topological polar surface area (TPSA) is 41.6 Å². The third-order valence-electron chi connectivity index (χ3n) is 5.13. The number of benzene rings is 3. The highest BCUT2D eigenvalue weighted by Gasteiger charge is 2.28. The SMILES string of the molecule is C[C@@H](NC(=O)C1CN(c2ccccc2)CCO1)c1cccc2ccccc12. The van der Waals surface area contributed by atoms with E-state index in [1.54, 1.807) is 0 Å². The van der Waals surface area contributed by atoms with Crippen LogP contribution in [0.2, 0.25) is 0 Å². The van der Waals surface area contributed by atoms with Gasteiger partial charge in [-0.15, -0.1) is 0 Å². The van der Waals surface area contributed by atoms with Crippen LogP contribution in [0.25, 0.3) is 10.8 Å². The number of rotatable bonds is 4. The summed E-state index contributed by atoms with van der Waals surface area (Å²) in [5, 5.41) is 5.49. The van der Waals surface area contributed by atoms with Crippen molar-refractivity contribution in [3.05, 3.63) is 78.4 Å². The predicted molar refractivity (Wildman–Crippen MR) is 109 cm³/mol. The Morgan fingerprint density at radius 1 is 1.04 bits per heavy atom. The molecule has 2 atom stereocenters. The van der Waals surface area contributed by atoms with Gasteiger partial charge in [-0.05, 0) is 35.4 Å². The summed E-state index contributed by atoms with van der Waals surface area (Å²) in [6.07, 6.45) is -0.462. The highest BCUT2D eigenvalue weighted by molar-refractivity contribution is 5.87. The zero-order chi connectivity index (χ0) is 18.6. The van der Waals surface area contributed by atoms with Crippen molar-refractivity contribution in [3.63, 3.8) is 0 Å². The summed E-state index contributed by atoms with van der Waals surface area (Å²) in [5.74, 6) is -0.0592. The Morgan fingerprint density at radius 2 is 1.78 bits per heavy atom. The number of carbonyl (C=O) groups excluding carboxylic acids is 1. The van der Waals surface area contributed by atoms with E-state index >= 15 is 0 Å². The number of anilines is 1. The standard InChI is InChI=1S/C23H24N2O2/c1-17(20-13-7-9-18-8-5-6-12-21(18)20)24-23(26)22-16-25(14-15-27-22)19-10-3-2-4-11-19/h2-13,17,22H,14-16H2,1H3,(H,24,26)/t17-,22?/m1/s1. The number of morpholine rings is 1. The average Bonchev–Trinajstić information content (AvgIpc) is 2.74. The molecule has 1 fully saturated rings. The molecule has 1 unspecified atom stereocenters. The second-order valence-electron chi connectivity index (χ2n) is 6.94. The summed E-state index contributed by atoms with van der Waals surface area (Å²) < 4.78 is 5.76. The van der Waals surface area contributed by atoms with E-state index < -0.39 is 6.10 Å². The smallest absolute Gasteiger partial charge is 0.251 e. The first-order valence-electron chi connectivity index (χ1n) is 9.42. The summed E-state index contributed by atoms with van der Waals surface area (Å²) >= 11 is 0. The molecule has 0 aromatic heterocycles. The minimum atomic E-state index is -0.462. The number of hydrogen-bond acceptors (Lipinski definition) is 3. The highest BCUT2D eigenvalue weighted by atomic mass is 16.5. The van der Waals surface area contributed by atoms with Crippen molar-refractivity contribution >= 4 is 22.4 Å². The summed E-state index contributed by atoms with van der Waals surface area (Å²) in [6.45, 7) is 3.94. The molecule has 27 heavy (non-hydrogen) atoms. The highest BCUT2D eigenvalue weighted by Crippen LogP contribution is 2.24. The maximum Gasteiger partial charge on any atom is 0.251 e. The van der Waals surface area contributed by atoms with E-state index in [1.807, 2.05) is 43.3 Å². The van der Waals surface area contributed by atoms with Crippen LogP contribution in [-0.4, -0.2) is 31.7 Å². The molecule has 0 radical (unpaired) electrons. The van der Waals surface area contributed by atoms with Crippen molar-refractivity contribution in [2.75, 3.05) is 24.6 Å². The van der Waals surface area contributed by atoms with Gasteiger partial charge in [0.2, 0.25) is 0 Å². The van der Waals surface area contributed by atoms with Gasteiger partial charge in [-0.25, -0.2) is 0 Å². The second kappa shape index (κ2) is 7.80. The van der Waals surface area contributed by atoms with Gasteiger partial charge in [-0.2, -0.15) is 0 Å². The fraction of sp³-hybridized carbons (Fsp3) is 0.261. The lowest BCUT2D eigenvalue weighted by Crippen LogP contribution is -2.50. The summed E-state index contributed by atoms with van der Waals surface area (Å²) in [4.78, 5) is 15.0. The van der Waals surface area contributed by atoms with Crippen LogP contribution < -0.4 is 10.2 Å². The summed E-state index contributed by atoms with van der Waals surface area (Å²) in [6, 6.07) is 24.5. The van der Waals surface area contributed by atoms with Crippen molar-refractivity contribution in [2.45, 2.75) is 19.1 Å². The molecule has 1 amide bonds. The third kappa shape index (κ3) is 3.81. The number of nitrogens with zero attached hydrogens (tertiary/aromatic N) is 1. The van der Waals surface area contributed by atoms with E-state index in [4.69, 9.17) is 4.74 Å². The molecule has 1 saturated heterocycles. The molecule has 1 aliphatic heterocycles. The van der Waals surface area contributed by atoms with Gasteiger partial charge in [0.05, 0.1) is 19.2 Å². The Labute approximate surface area is 159 Å². The number of amides is 1. The maximum atomic E-state index is 12.8. The van der Waals surface area contributed by atoms with Crippen LogP contribution in [0, 0.1) is 0 Å². The first kappa shape index (κ1) is 17.6.